The minimum Gasteiger partial charge on any atom is -0.330 e. The summed E-state index contributed by atoms with van der Waals surface area (Å²) < 4.78 is 0. The van der Waals surface area contributed by atoms with Crippen LogP contribution in [-0.4, -0.2) is 28.7 Å². The van der Waals surface area contributed by atoms with Gasteiger partial charge >= 0.3 is 0 Å². The Kier molecular flexibility index (Phi) is 4.19. The lowest BCUT2D eigenvalue weighted by Gasteiger charge is -2.44. The molecule has 0 bridgehead atoms. The summed E-state index contributed by atoms with van der Waals surface area (Å²) in [6.45, 7) is 14.6. The number of amides is 1. The summed E-state index contributed by atoms with van der Waals surface area (Å²) in [5.41, 5.74) is -0.982. The van der Waals surface area contributed by atoms with E-state index in [1.54, 1.807) is 6.92 Å². The van der Waals surface area contributed by atoms with Crippen molar-refractivity contribution in [2.75, 3.05) is 6.54 Å². The summed E-state index contributed by atoms with van der Waals surface area (Å²) in [6, 6.07) is 0. The van der Waals surface area contributed by atoms with Gasteiger partial charge in [0.1, 0.15) is 5.54 Å². The van der Waals surface area contributed by atoms with E-state index >= 15 is 0 Å². The molecule has 0 radical (unpaired) electrons. The summed E-state index contributed by atoms with van der Waals surface area (Å²) in [5.74, 6) is 0.238. The molecule has 0 N–H and O–H groups in total. The van der Waals surface area contributed by atoms with Crippen molar-refractivity contribution in [2.24, 2.45) is 10.8 Å². The molecular formula is C16H29NO2. The van der Waals surface area contributed by atoms with Crippen LogP contribution >= 0.6 is 0 Å². The molecule has 1 atom stereocenters. The SMILES string of the molecule is CC(=O)N1CCC[C@]1(CC(C)(C)C)C(=O)C(C)(C)C. The predicted molar refractivity (Wildman–Crippen MR) is 77.9 cm³/mol. The summed E-state index contributed by atoms with van der Waals surface area (Å²) >= 11 is 0. The van der Waals surface area contributed by atoms with E-state index in [-0.39, 0.29) is 17.1 Å². The molecule has 0 aromatic rings. The van der Waals surface area contributed by atoms with Crippen molar-refractivity contribution in [1.82, 2.24) is 4.90 Å². The first-order chi connectivity index (χ1) is 8.40. The second-order valence-corrected chi connectivity index (χ2v) is 8.12. The average Bonchev–Trinajstić information content (AvgIpc) is 2.57. The van der Waals surface area contributed by atoms with Gasteiger partial charge in [-0.25, -0.2) is 0 Å². The van der Waals surface area contributed by atoms with Gasteiger partial charge < -0.3 is 4.90 Å². The largest absolute Gasteiger partial charge is 0.330 e. The van der Waals surface area contributed by atoms with Gasteiger partial charge in [-0.3, -0.25) is 9.59 Å². The van der Waals surface area contributed by atoms with Crippen LogP contribution in [0.25, 0.3) is 0 Å². The van der Waals surface area contributed by atoms with Crippen LogP contribution in [0.2, 0.25) is 0 Å². The Morgan fingerprint density at radius 2 is 1.63 bits per heavy atom. The Labute approximate surface area is 117 Å². The molecule has 0 unspecified atom stereocenters. The number of hydrogen-bond acceptors (Lipinski definition) is 2. The monoisotopic (exact) mass is 267 g/mol. The van der Waals surface area contributed by atoms with Gasteiger partial charge in [0.15, 0.2) is 5.78 Å². The van der Waals surface area contributed by atoms with Crippen LogP contribution in [-0.2, 0) is 9.59 Å². The number of nitrogens with zero attached hydrogens (tertiary/aromatic N) is 1. The second kappa shape index (κ2) is 4.92. The fourth-order valence-electron chi connectivity index (χ4n) is 3.41. The molecule has 3 nitrogen and oxygen atoms in total. The van der Waals surface area contributed by atoms with E-state index in [0.717, 1.165) is 19.3 Å². The molecule has 0 saturated carbocycles. The van der Waals surface area contributed by atoms with Gasteiger partial charge in [0.2, 0.25) is 5.91 Å². The average molecular weight is 267 g/mol. The van der Waals surface area contributed by atoms with Gasteiger partial charge in [-0.2, -0.15) is 0 Å². The fourth-order valence-corrected chi connectivity index (χ4v) is 3.41. The molecule has 0 aromatic heterocycles. The van der Waals surface area contributed by atoms with Crippen molar-refractivity contribution in [3.8, 4) is 0 Å². The third-order valence-electron chi connectivity index (χ3n) is 3.80. The van der Waals surface area contributed by atoms with Crippen molar-refractivity contribution in [3.63, 3.8) is 0 Å². The van der Waals surface area contributed by atoms with Gasteiger partial charge in [0, 0.05) is 18.9 Å². The second-order valence-electron chi connectivity index (χ2n) is 8.12. The molecule has 0 aromatic carbocycles. The Balaban J connectivity index is 3.25. The van der Waals surface area contributed by atoms with Crippen LogP contribution < -0.4 is 0 Å². The van der Waals surface area contributed by atoms with E-state index < -0.39 is 11.0 Å². The first kappa shape index (κ1) is 16.2. The molecule has 1 saturated heterocycles. The zero-order chi connectivity index (χ0) is 15.1. The summed E-state index contributed by atoms with van der Waals surface area (Å²) in [7, 11) is 0. The van der Waals surface area contributed by atoms with E-state index in [1.807, 2.05) is 25.7 Å². The minimum absolute atomic E-state index is 0.0267. The number of carbonyl (C=O) groups is 2. The lowest BCUT2D eigenvalue weighted by Crippen LogP contribution is -2.57. The molecule has 110 valence electrons. The van der Waals surface area contributed by atoms with Crippen LogP contribution in [0.5, 0.6) is 0 Å². The molecule has 0 spiro atoms. The zero-order valence-corrected chi connectivity index (χ0v) is 13.6. The highest BCUT2D eigenvalue weighted by atomic mass is 16.2. The first-order valence-electron chi connectivity index (χ1n) is 7.23. The van der Waals surface area contributed by atoms with Crippen LogP contribution in [0.4, 0.5) is 0 Å². The maximum absolute atomic E-state index is 13.0. The van der Waals surface area contributed by atoms with E-state index in [0.29, 0.717) is 6.54 Å². The number of rotatable bonds is 2. The smallest absolute Gasteiger partial charge is 0.220 e. The maximum Gasteiger partial charge on any atom is 0.220 e. The number of likely N-dealkylation sites (tertiary alicyclic amines) is 1. The fraction of sp³-hybridized carbons (Fsp3) is 0.875. The van der Waals surface area contributed by atoms with E-state index in [9.17, 15) is 9.59 Å². The molecule has 0 aliphatic carbocycles. The first-order valence-corrected chi connectivity index (χ1v) is 7.23. The molecule has 1 fully saturated rings. The maximum atomic E-state index is 13.0. The normalized spacial score (nSPS) is 24.7. The van der Waals surface area contributed by atoms with E-state index in [4.69, 9.17) is 0 Å². The standard InChI is InChI=1S/C16H29NO2/c1-12(18)17-10-8-9-16(17,11-14(2,3)4)13(19)15(5,6)7/h8-11H2,1-7H3/t16-/m0/s1. The Hall–Kier alpha value is -0.860. The lowest BCUT2D eigenvalue weighted by molar-refractivity contribution is -0.148. The molecule has 19 heavy (non-hydrogen) atoms. The lowest BCUT2D eigenvalue weighted by atomic mass is 9.69. The van der Waals surface area contributed by atoms with Crippen molar-refractivity contribution < 1.29 is 9.59 Å². The van der Waals surface area contributed by atoms with Crippen molar-refractivity contribution in [2.45, 2.75) is 73.3 Å². The van der Waals surface area contributed by atoms with Gasteiger partial charge in [-0.15, -0.1) is 0 Å². The van der Waals surface area contributed by atoms with Crippen molar-refractivity contribution >= 4 is 11.7 Å². The number of Topliss-reactive ketones (excluding diaryl/α,β-unsaturated/α-hetero) is 1. The molecule has 1 amide bonds. The number of hydrogen-bond donors (Lipinski definition) is 0. The topological polar surface area (TPSA) is 37.4 Å². The quantitative estimate of drug-likeness (QED) is 0.768. The predicted octanol–water partition coefficient (Wildman–Crippen LogP) is 3.42. The van der Waals surface area contributed by atoms with Gasteiger partial charge in [-0.05, 0) is 24.7 Å². The van der Waals surface area contributed by atoms with Crippen molar-refractivity contribution in [1.29, 1.82) is 0 Å². The highest BCUT2D eigenvalue weighted by Crippen LogP contribution is 2.43. The number of ketones is 1. The van der Waals surface area contributed by atoms with E-state index in [1.165, 1.54) is 0 Å². The molecule has 1 aliphatic heterocycles. The third-order valence-corrected chi connectivity index (χ3v) is 3.80. The van der Waals surface area contributed by atoms with Gasteiger partial charge in [0.25, 0.3) is 0 Å². The third kappa shape index (κ3) is 3.37. The molecular weight excluding hydrogens is 238 g/mol. The zero-order valence-electron chi connectivity index (χ0n) is 13.6. The Morgan fingerprint density at radius 1 is 1.11 bits per heavy atom. The summed E-state index contributed by atoms with van der Waals surface area (Å²) in [5, 5.41) is 0. The summed E-state index contributed by atoms with van der Waals surface area (Å²) in [6.07, 6.45) is 2.48. The molecule has 3 heteroatoms. The van der Waals surface area contributed by atoms with Crippen LogP contribution in [0.15, 0.2) is 0 Å². The van der Waals surface area contributed by atoms with E-state index in [2.05, 4.69) is 20.8 Å². The highest BCUT2D eigenvalue weighted by Gasteiger charge is 2.52. The molecule has 1 rings (SSSR count). The summed E-state index contributed by atoms with van der Waals surface area (Å²) in [4.78, 5) is 26.8. The van der Waals surface area contributed by atoms with Crippen molar-refractivity contribution in [3.05, 3.63) is 0 Å². The van der Waals surface area contributed by atoms with Gasteiger partial charge in [0.05, 0.1) is 0 Å². The van der Waals surface area contributed by atoms with Crippen LogP contribution in [0.1, 0.15) is 67.7 Å². The number of carbonyl (C=O) groups excluding carboxylic acids is 2. The van der Waals surface area contributed by atoms with Gasteiger partial charge in [-0.1, -0.05) is 41.5 Å². The Bertz CT molecular complexity index is 373. The van der Waals surface area contributed by atoms with Crippen LogP contribution in [0, 0.1) is 10.8 Å². The molecule has 1 aliphatic rings. The highest BCUT2D eigenvalue weighted by molar-refractivity contribution is 5.96. The molecule has 1 heterocycles. The van der Waals surface area contributed by atoms with Crippen LogP contribution in [0.3, 0.4) is 0 Å². The minimum atomic E-state index is -0.595. The Morgan fingerprint density at radius 3 is 2.00 bits per heavy atom.